The number of carbonyl (C=O) groups excluding carboxylic acids is 2. The number of nitrogens with zero attached hydrogens (tertiary/aromatic N) is 1. The van der Waals surface area contributed by atoms with Crippen LogP contribution >= 0.6 is 0 Å². The first-order valence-corrected chi connectivity index (χ1v) is 15.8. The molecule has 3 aromatic carbocycles. The van der Waals surface area contributed by atoms with Crippen LogP contribution in [0.15, 0.2) is 78.9 Å². The van der Waals surface area contributed by atoms with Gasteiger partial charge in [-0.2, -0.15) is 13.2 Å². The molecule has 1 fully saturated rings. The largest absolute Gasteiger partial charge is 0.497 e. The second-order valence-electron chi connectivity index (χ2n) is 12.1. The average Bonchev–Trinajstić information content (AvgIpc) is 3.06. The van der Waals surface area contributed by atoms with Crippen molar-refractivity contribution in [1.82, 2.24) is 15.5 Å². The Morgan fingerprint density at radius 3 is 2.35 bits per heavy atom. The van der Waals surface area contributed by atoms with Gasteiger partial charge in [0.05, 0.1) is 19.3 Å². The van der Waals surface area contributed by atoms with Gasteiger partial charge in [0.15, 0.2) is 0 Å². The Bertz CT molecular complexity index is 1430. The predicted molar refractivity (Wildman–Crippen MR) is 172 cm³/mol. The number of hydrogen-bond donors (Lipinski definition) is 3. The van der Waals surface area contributed by atoms with Crippen molar-refractivity contribution in [3.63, 3.8) is 0 Å². The van der Waals surface area contributed by atoms with Crippen LogP contribution in [0.5, 0.6) is 5.75 Å². The SMILES string of the molecule is COc1cccc(C2(NC[C@@H](O)[C@H](Cc3ccccc3)NC(=O)c3cccc(C(=O)N(C)CCCC(F)(F)F)c3)CCCCC2)c1. The third kappa shape index (κ3) is 9.80. The summed E-state index contributed by atoms with van der Waals surface area (Å²) in [6.07, 6.45) is -0.972. The molecule has 0 bridgehead atoms. The van der Waals surface area contributed by atoms with E-state index in [-0.39, 0.29) is 36.2 Å². The minimum absolute atomic E-state index is 0.0651. The third-order valence-electron chi connectivity index (χ3n) is 8.73. The van der Waals surface area contributed by atoms with E-state index in [1.165, 1.54) is 24.1 Å². The fourth-order valence-corrected chi connectivity index (χ4v) is 6.12. The number of methoxy groups -OCH3 is 1. The molecule has 0 aromatic heterocycles. The Balaban J connectivity index is 1.49. The van der Waals surface area contributed by atoms with Gasteiger partial charge in [-0.05, 0) is 67.1 Å². The normalized spacial score (nSPS) is 15.9. The summed E-state index contributed by atoms with van der Waals surface area (Å²) in [4.78, 5) is 27.7. The first kappa shape index (κ1) is 35.0. The molecule has 3 aromatic rings. The summed E-state index contributed by atoms with van der Waals surface area (Å²) in [7, 11) is 3.08. The highest BCUT2D eigenvalue weighted by Gasteiger charge is 2.35. The monoisotopic (exact) mass is 639 g/mol. The molecule has 2 amide bonds. The molecule has 3 N–H and O–H groups in total. The first-order chi connectivity index (χ1) is 22.0. The lowest BCUT2D eigenvalue weighted by molar-refractivity contribution is -0.135. The molecule has 0 saturated heterocycles. The van der Waals surface area contributed by atoms with Gasteiger partial charge in [-0.1, -0.05) is 67.8 Å². The molecule has 7 nitrogen and oxygen atoms in total. The standard InChI is InChI=1S/C36H44F3N3O4/c1-42(21-11-20-36(37,38)39)34(45)28-15-9-14-27(23-28)33(44)41-31(22-26-12-5-3-6-13-26)32(43)25-40-35(18-7-4-8-19-35)29-16-10-17-30(24-29)46-2/h3,5-6,9-10,12-17,23-24,31-32,40,43H,4,7-8,11,18-22,25H2,1-2H3,(H,41,44)/t31-,32+/m0/s1. The minimum atomic E-state index is -4.29. The number of aliphatic hydroxyl groups is 1. The molecule has 1 aliphatic carbocycles. The van der Waals surface area contributed by atoms with Gasteiger partial charge in [-0.3, -0.25) is 9.59 Å². The molecule has 0 radical (unpaired) electrons. The van der Waals surface area contributed by atoms with Crippen molar-refractivity contribution < 1.29 is 32.6 Å². The van der Waals surface area contributed by atoms with Crippen LogP contribution < -0.4 is 15.4 Å². The zero-order valence-electron chi connectivity index (χ0n) is 26.5. The maximum atomic E-state index is 13.5. The van der Waals surface area contributed by atoms with E-state index in [2.05, 4.69) is 16.7 Å². The highest BCUT2D eigenvalue weighted by atomic mass is 19.4. The quantitative estimate of drug-likeness (QED) is 0.194. The van der Waals surface area contributed by atoms with E-state index < -0.39 is 36.6 Å². The van der Waals surface area contributed by atoms with Crippen molar-refractivity contribution in [3.8, 4) is 5.75 Å². The van der Waals surface area contributed by atoms with E-state index >= 15 is 0 Å². The molecule has 0 aliphatic heterocycles. The van der Waals surface area contributed by atoms with Gasteiger partial charge < -0.3 is 25.4 Å². The molecule has 0 unspecified atom stereocenters. The summed E-state index contributed by atoms with van der Waals surface area (Å²) < 4.78 is 43.2. The number of nitrogens with one attached hydrogen (secondary N) is 2. The maximum absolute atomic E-state index is 13.5. The highest BCUT2D eigenvalue weighted by molar-refractivity contribution is 5.99. The van der Waals surface area contributed by atoms with E-state index in [0.717, 1.165) is 49.0 Å². The molecule has 46 heavy (non-hydrogen) atoms. The van der Waals surface area contributed by atoms with Crippen LogP contribution in [0.25, 0.3) is 0 Å². The Kier molecular flexibility index (Phi) is 12.2. The molecule has 248 valence electrons. The topological polar surface area (TPSA) is 90.9 Å². The third-order valence-corrected chi connectivity index (χ3v) is 8.73. The predicted octanol–water partition coefficient (Wildman–Crippen LogP) is 6.26. The van der Waals surface area contributed by atoms with E-state index in [4.69, 9.17) is 4.74 Å². The van der Waals surface area contributed by atoms with Crippen molar-refractivity contribution in [2.75, 3.05) is 27.2 Å². The number of benzene rings is 3. The van der Waals surface area contributed by atoms with Crippen LogP contribution in [0.2, 0.25) is 0 Å². The first-order valence-electron chi connectivity index (χ1n) is 15.8. The number of amides is 2. The lowest BCUT2D eigenvalue weighted by atomic mass is 9.76. The van der Waals surface area contributed by atoms with Gasteiger partial charge in [0.2, 0.25) is 0 Å². The second-order valence-corrected chi connectivity index (χ2v) is 12.1. The van der Waals surface area contributed by atoms with Crippen molar-refractivity contribution in [2.45, 2.75) is 75.2 Å². The molecular weight excluding hydrogens is 595 g/mol. The summed E-state index contributed by atoms with van der Waals surface area (Å²) in [6.45, 7) is 0.167. The molecule has 1 aliphatic rings. The molecule has 0 heterocycles. The number of aliphatic hydroxyl groups excluding tert-OH is 1. The summed E-state index contributed by atoms with van der Waals surface area (Å²) in [5, 5.41) is 18.2. The number of rotatable bonds is 14. The van der Waals surface area contributed by atoms with Gasteiger partial charge in [0.1, 0.15) is 5.75 Å². The molecule has 4 rings (SSSR count). The van der Waals surface area contributed by atoms with E-state index in [1.54, 1.807) is 19.2 Å². The van der Waals surface area contributed by atoms with E-state index in [1.807, 2.05) is 48.5 Å². The summed E-state index contributed by atoms with van der Waals surface area (Å²) in [5.41, 5.74) is 2.12. The van der Waals surface area contributed by atoms with Crippen molar-refractivity contribution >= 4 is 11.8 Å². The fraction of sp³-hybridized carbons (Fsp3) is 0.444. The molecule has 1 saturated carbocycles. The lowest BCUT2D eigenvalue weighted by Gasteiger charge is -2.40. The Morgan fingerprint density at radius 1 is 0.957 bits per heavy atom. The van der Waals surface area contributed by atoms with E-state index in [0.29, 0.717) is 6.42 Å². The van der Waals surface area contributed by atoms with Gasteiger partial charge in [0, 0.05) is 43.2 Å². The Morgan fingerprint density at radius 2 is 1.65 bits per heavy atom. The maximum Gasteiger partial charge on any atom is 0.389 e. The van der Waals surface area contributed by atoms with Crippen LogP contribution in [-0.2, 0) is 12.0 Å². The number of halogens is 3. The Hall–Kier alpha value is -3.89. The minimum Gasteiger partial charge on any atom is -0.497 e. The van der Waals surface area contributed by atoms with Crippen LogP contribution in [0.4, 0.5) is 13.2 Å². The van der Waals surface area contributed by atoms with Crippen LogP contribution in [-0.4, -0.2) is 67.4 Å². The zero-order valence-corrected chi connectivity index (χ0v) is 26.5. The summed E-state index contributed by atoms with van der Waals surface area (Å²) >= 11 is 0. The van der Waals surface area contributed by atoms with Gasteiger partial charge in [0.25, 0.3) is 11.8 Å². The zero-order chi connectivity index (χ0) is 33.2. The fourth-order valence-electron chi connectivity index (χ4n) is 6.12. The number of hydrogen-bond acceptors (Lipinski definition) is 5. The molecule has 10 heteroatoms. The van der Waals surface area contributed by atoms with Crippen LogP contribution in [0.1, 0.15) is 76.8 Å². The number of alkyl halides is 3. The second kappa shape index (κ2) is 16.1. The highest BCUT2D eigenvalue weighted by Crippen LogP contribution is 2.38. The molecule has 2 atom stereocenters. The average molecular weight is 640 g/mol. The number of ether oxygens (including phenoxy) is 1. The summed E-state index contributed by atoms with van der Waals surface area (Å²) in [6, 6.07) is 23.0. The smallest absolute Gasteiger partial charge is 0.389 e. The van der Waals surface area contributed by atoms with Crippen LogP contribution in [0, 0.1) is 0 Å². The van der Waals surface area contributed by atoms with Gasteiger partial charge in [-0.25, -0.2) is 0 Å². The Labute approximate surface area is 269 Å². The van der Waals surface area contributed by atoms with E-state index in [9.17, 15) is 27.9 Å². The van der Waals surface area contributed by atoms with Gasteiger partial charge in [-0.15, -0.1) is 0 Å². The lowest BCUT2D eigenvalue weighted by Crippen LogP contribution is -2.53. The van der Waals surface area contributed by atoms with Crippen molar-refractivity contribution in [1.29, 1.82) is 0 Å². The van der Waals surface area contributed by atoms with Crippen LogP contribution in [0.3, 0.4) is 0 Å². The molecule has 0 spiro atoms. The number of carbonyl (C=O) groups is 2. The van der Waals surface area contributed by atoms with Crippen molar-refractivity contribution in [3.05, 3.63) is 101 Å². The summed E-state index contributed by atoms with van der Waals surface area (Å²) in [5.74, 6) is -0.168. The van der Waals surface area contributed by atoms with Gasteiger partial charge >= 0.3 is 6.18 Å². The molecular formula is C36H44F3N3O4. The van der Waals surface area contributed by atoms with Crippen molar-refractivity contribution in [2.24, 2.45) is 0 Å².